The lowest BCUT2D eigenvalue weighted by Gasteiger charge is -2.30. The monoisotopic (exact) mass is 346 g/mol. The maximum Gasteiger partial charge on any atom is 0.409 e. The molecule has 3 heterocycles. The lowest BCUT2D eigenvalue weighted by atomic mass is 9.96. The van der Waals surface area contributed by atoms with Crippen LogP contribution in [-0.2, 0) is 17.8 Å². The third-order valence-corrected chi connectivity index (χ3v) is 4.79. The minimum Gasteiger partial charge on any atom is -0.450 e. The molecule has 0 aliphatic carbocycles. The quantitative estimate of drug-likeness (QED) is 0.829. The summed E-state index contributed by atoms with van der Waals surface area (Å²) in [6.07, 6.45) is 5.33. The van der Waals surface area contributed by atoms with E-state index >= 15 is 0 Å². The molecule has 0 saturated carbocycles. The maximum absolute atomic E-state index is 11.8. The summed E-state index contributed by atoms with van der Waals surface area (Å²) in [4.78, 5) is 17.9. The zero-order valence-corrected chi connectivity index (χ0v) is 15.2. The van der Waals surface area contributed by atoms with Crippen LogP contribution >= 0.6 is 0 Å². The Morgan fingerprint density at radius 2 is 2.04 bits per heavy atom. The van der Waals surface area contributed by atoms with Crippen molar-refractivity contribution in [3.8, 4) is 0 Å². The molecule has 2 aromatic heterocycles. The van der Waals surface area contributed by atoms with Crippen LogP contribution in [0.15, 0.2) is 12.4 Å². The van der Waals surface area contributed by atoms with Crippen LogP contribution in [0.25, 0.3) is 0 Å². The molecule has 1 aliphatic heterocycles. The summed E-state index contributed by atoms with van der Waals surface area (Å²) < 4.78 is 9.36. The molecule has 2 aromatic rings. The van der Waals surface area contributed by atoms with Gasteiger partial charge < -0.3 is 18.8 Å². The molecule has 0 radical (unpaired) electrons. The van der Waals surface area contributed by atoms with Gasteiger partial charge in [0.1, 0.15) is 11.6 Å². The molecule has 8 heteroatoms. The lowest BCUT2D eigenvalue weighted by Crippen LogP contribution is -2.38. The van der Waals surface area contributed by atoms with Crippen LogP contribution in [-0.4, -0.2) is 55.0 Å². The van der Waals surface area contributed by atoms with Crippen LogP contribution < -0.4 is 0 Å². The van der Waals surface area contributed by atoms with Crippen molar-refractivity contribution < 1.29 is 9.53 Å². The van der Waals surface area contributed by atoms with Crippen molar-refractivity contribution in [2.45, 2.75) is 52.6 Å². The number of likely N-dealkylation sites (tertiary alicyclic amines) is 1. The van der Waals surface area contributed by atoms with E-state index in [1.807, 2.05) is 20.0 Å². The van der Waals surface area contributed by atoms with Crippen LogP contribution in [0.3, 0.4) is 0 Å². The van der Waals surface area contributed by atoms with E-state index in [1.165, 1.54) is 0 Å². The van der Waals surface area contributed by atoms with Crippen molar-refractivity contribution in [3.05, 3.63) is 29.9 Å². The molecule has 8 nitrogen and oxygen atoms in total. The van der Waals surface area contributed by atoms with Gasteiger partial charge in [0.15, 0.2) is 5.82 Å². The Kier molecular flexibility index (Phi) is 5.35. The van der Waals surface area contributed by atoms with Gasteiger partial charge >= 0.3 is 6.09 Å². The second kappa shape index (κ2) is 7.67. The second-order valence-corrected chi connectivity index (χ2v) is 6.28. The number of ether oxygens (including phenoxy) is 1. The minimum absolute atomic E-state index is 0.214. The number of piperidine rings is 1. The molecule has 1 saturated heterocycles. The average molecular weight is 346 g/mol. The van der Waals surface area contributed by atoms with Crippen molar-refractivity contribution in [2.24, 2.45) is 0 Å². The third kappa shape index (κ3) is 3.67. The first-order chi connectivity index (χ1) is 12.1. The highest BCUT2D eigenvalue weighted by Gasteiger charge is 2.28. The fourth-order valence-electron chi connectivity index (χ4n) is 3.37. The Labute approximate surface area is 147 Å². The highest BCUT2D eigenvalue weighted by atomic mass is 16.6. The molecule has 3 rings (SSSR count). The van der Waals surface area contributed by atoms with Crippen LogP contribution in [0.5, 0.6) is 0 Å². The van der Waals surface area contributed by atoms with E-state index in [4.69, 9.17) is 4.74 Å². The van der Waals surface area contributed by atoms with Gasteiger partial charge in [-0.25, -0.2) is 9.78 Å². The fourth-order valence-corrected chi connectivity index (χ4v) is 3.37. The molecule has 0 atom stereocenters. The lowest BCUT2D eigenvalue weighted by molar-refractivity contribution is 0.0964. The van der Waals surface area contributed by atoms with E-state index in [1.54, 1.807) is 11.1 Å². The zero-order chi connectivity index (χ0) is 17.8. The van der Waals surface area contributed by atoms with Crippen molar-refractivity contribution in [1.29, 1.82) is 0 Å². The number of hydrogen-bond donors (Lipinski definition) is 0. The molecular weight excluding hydrogens is 320 g/mol. The van der Waals surface area contributed by atoms with Gasteiger partial charge in [-0.05, 0) is 33.6 Å². The molecule has 0 spiro atoms. The topological polar surface area (TPSA) is 78.1 Å². The van der Waals surface area contributed by atoms with Gasteiger partial charge in [0, 0.05) is 37.9 Å². The summed E-state index contributed by atoms with van der Waals surface area (Å²) in [7, 11) is 0. The normalized spacial score (nSPS) is 15.6. The highest BCUT2D eigenvalue weighted by molar-refractivity contribution is 5.67. The number of aryl methyl sites for hydroxylation is 1. The van der Waals surface area contributed by atoms with Gasteiger partial charge in [-0.1, -0.05) is 0 Å². The highest BCUT2D eigenvalue weighted by Crippen LogP contribution is 2.27. The van der Waals surface area contributed by atoms with Crippen molar-refractivity contribution >= 4 is 6.09 Å². The first-order valence-corrected chi connectivity index (χ1v) is 8.95. The number of imidazole rings is 1. The summed E-state index contributed by atoms with van der Waals surface area (Å²) in [6.45, 7) is 9.27. The molecule has 1 aliphatic rings. The summed E-state index contributed by atoms with van der Waals surface area (Å²) >= 11 is 0. The second-order valence-electron chi connectivity index (χ2n) is 6.28. The van der Waals surface area contributed by atoms with E-state index in [0.717, 1.165) is 36.9 Å². The van der Waals surface area contributed by atoms with Crippen LogP contribution in [0.2, 0.25) is 0 Å². The van der Waals surface area contributed by atoms with E-state index in [9.17, 15) is 4.79 Å². The molecular formula is C17H26N6O2. The van der Waals surface area contributed by atoms with Gasteiger partial charge in [0.05, 0.1) is 13.2 Å². The smallest absolute Gasteiger partial charge is 0.409 e. The number of rotatable bonds is 5. The molecule has 136 valence electrons. The van der Waals surface area contributed by atoms with Crippen LogP contribution in [0, 0.1) is 6.92 Å². The van der Waals surface area contributed by atoms with Crippen molar-refractivity contribution in [1.82, 2.24) is 29.2 Å². The molecule has 0 N–H and O–H groups in total. The molecule has 0 aromatic carbocycles. The van der Waals surface area contributed by atoms with Crippen LogP contribution in [0.4, 0.5) is 4.79 Å². The number of carbonyl (C=O) groups excluding carboxylic acids is 1. The number of nitrogens with zero attached hydrogens (tertiary/aromatic N) is 6. The molecule has 25 heavy (non-hydrogen) atoms. The van der Waals surface area contributed by atoms with Gasteiger partial charge in [-0.2, -0.15) is 0 Å². The Morgan fingerprint density at radius 3 is 2.64 bits per heavy atom. The number of amides is 1. The molecule has 1 fully saturated rings. The van der Waals surface area contributed by atoms with Gasteiger partial charge in [-0.3, -0.25) is 0 Å². The van der Waals surface area contributed by atoms with E-state index in [0.29, 0.717) is 32.2 Å². The van der Waals surface area contributed by atoms with Crippen LogP contribution in [0.1, 0.15) is 50.1 Å². The standard InChI is InChI=1S/C17H26N6O2/c1-4-23-15(12-22-11-8-18-13(22)3)19-20-16(23)14-6-9-21(10-7-14)17(24)25-5-2/h8,11,14H,4-7,9-10,12H2,1-3H3. The molecule has 0 bridgehead atoms. The van der Waals surface area contributed by atoms with E-state index in [2.05, 4.69) is 31.2 Å². The SMILES string of the molecule is CCOC(=O)N1CCC(c2nnc(Cn3ccnc3C)n2CC)CC1. The van der Waals surface area contributed by atoms with E-state index in [-0.39, 0.29) is 6.09 Å². The van der Waals surface area contributed by atoms with Gasteiger partial charge in [0.2, 0.25) is 0 Å². The summed E-state index contributed by atoms with van der Waals surface area (Å²) in [6, 6.07) is 0. The minimum atomic E-state index is -0.214. The Morgan fingerprint density at radius 1 is 1.28 bits per heavy atom. The Hall–Kier alpha value is -2.38. The van der Waals surface area contributed by atoms with E-state index < -0.39 is 0 Å². The largest absolute Gasteiger partial charge is 0.450 e. The summed E-state index contributed by atoms with van der Waals surface area (Å²) in [5.41, 5.74) is 0. The summed E-state index contributed by atoms with van der Waals surface area (Å²) in [5.74, 6) is 3.27. The molecule has 0 unspecified atom stereocenters. The first kappa shape index (κ1) is 17.4. The van der Waals surface area contributed by atoms with Crippen molar-refractivity contribution in [2.75, 3.05) is 19.7 Å². The van der Waals surface area contributed by atoms with Gasteiger partial charge in [-0.15, -0.1) is 10.2 Å². The third-order valence-electron chi connectivity index (χ3n) is 4.79. The Balaban J connectivity index is 1.69. The fraction of sp³-hybridized carbons (Fsp3) is 0.647. The number of carbonyl (C=O) groups is 1. The van der Waals surface area contributed by atoms with Gasteiger partial charge in [0.25, 0.3) is 0 Å². The molecule has 1 amide bonds. The maximum atomic E-state index is 11.8. The summed E-state index contributed by atoms with van der Waals surface area (Å²) in [5, 5.41) is 8.89. The number of aromatic nitrogens is 5. The zero-order valence-electron chi connectivity index (χ0n) is 15.2. The predicted octanol–water partition coefficient (Wildman–Crippen LogP) is 2.19. The predicted molar refractivity (Wildman–Crippen MR) is 92.3 cm³/mol. The Bertz CT molecular complexity index is 715. The first-order valence-electron chi connectivity index (χ1n) is 8.95. The average Bonchev–Trinajstić information content (AvgIpc) is 3.22. The van der Waals surface area contributed by atoms with Crippen molar-refractivity contribution in [3.63, 3.8) is 0 Å². The number of hydrogen-bond acceptors (Lipinski definition) is 5.